The molecule has 2 aromatic rings. The number of halogens is 1. The van der Waals surface area contributed by atoms with Crippen molar-refractivity contribution >= 4 is 17.5 Å². The molecule has 0 aliphatic rings. The van der Waals surface area contributed by atoms with Crippen molar-refractivity contribution in [1.29, 1.82) is 5.26 Å². The van der Waals surface area contributed by atoms with Gasteiger partial charge in [0.1, 0.15) is 11.6 Å². The highest BCUT2D eigenvalue weighted by molar-refractivity contribution is 6.30. The minimum Gasteiger partial charge on any atom is -0.389 e. The van der Waals surface area contributed by atoms with Crippen LogP contribution >= 0.6 is 11.6 Å². The molecule has 24 heavy (non-hydrogen) atoms. The second kappa shape index (κ2) is 9.39. The van der Waals surface area contributed by atoms with Crippen molar-refractivity contribution in [3.8, 4) is 6.07 Å². The molecule has 0 spiro atoms. The van der Waals surface area contributed by atoms with Gasteiger partial charge in [0, 0.05) is 24.3 Å². The van der Waals surface area contributed by atoms with Crippen LogP contribution in [0.1, 0.15) is 11.1 Å². The lowest BCUT2D eigenvalue weighted by Crippen LogP contribution is -2.25. The smallest absolute Gasteiger partial charge is 0.263 e. The highest BCUT2D eigenvalue weighted by Gasteiger charge is 2.08. The summed E-state index contributed by atoms with van der Waals surface area (Å²) in [6.07, 6.45) is 2.28. The predicted octanol–water partition coefficient (Wildman–Crippen LogP) is 3.20. The van der Waals surface area contributed by atoms with E-state index >= 15 is 0 Å². The van der Waals surface area contributed by atoms with E-state index in [1.165, 1.54) is 11.8 Å². The molecule has 0 saturated heterocycles. The number of benzene rings is 2. The fourth-order valence-electron chi connectivity index (χ4n) is 2.06. The highest BCUT2D eigenvalue weighted by atomic mass is 35.5. The van der Waals surface area contributed by atoms with E-state index in [9.17, 15) is 4.79 Å². The molecule has 0 fully saturated rings. The number of carbonyl (C=O) groups excluding carboxylic acids is 1. The van der Waals surface area contributed by atoms with Crippen molar-refractivity contribution in [2.45, 2.75) is 13.0 Å². The van der Waals surface area contributed by atoms with E-state index in [1.54, 1.807) is 12.1 Å². The second-order valence-corrected chi connectivity index (χ2v) is 5.61. The number of amides is 1. The Morgan fingerprint density at radius 3 is 2.46 bits per heavy atom. The van der Waals surface area contributed by atoms with Crippen LogP contribution < -0.4 is 10.6 Å². The number of nitrogens with one attached hydrogen (secondary N) is 2. The number of nitrogens with zero attached hydrogens (tertiary/aromatic N) is 1. The van der Waals surface area contributed by atoms with Gasteiger partial charge in [-0.25, -0.2) is 0 Å². The quantitative estimate of drug-likeness (QED) is 0.462. The van der Waals surface area contributed by atoms with E-state index in [-0.39, 0.29) is 5.57 Å². The van der Waals surface area contributed by atoms with Gasteiger partial charge in [0.05, 0.1) is 0 Å². The van der Waals surface area contributed by atoms with Crippen molar-refractivity contribution in [3.63, 3.8) is 0 Å². The number of rotatable bonds is 7. The van der Waals surface area contributed by atoms with Crippen LogP contribution in [0.25, 0.3) is 0 Å². The van der Waals surface area contributed by atoms with Crippen LogP contribution in [0.4, 0.5) is 0 Å². The summed E-state index contributed by atoms with van der Waals surface area (Å²) in [7, 11) is 0. The second-order valence-electron chi connectivity index (χ2n) is 5.17. The number of hydrogen-bond donors (Lipinski definition) is 2. The zero-order valence-electron chi connectivity index (χ0n) is 13.1. The molecule has 0 atom stereocenters. The van der Waals surface area contributed by atoms with Crippen LogP contribution in [0.2, 0.25) is 5.02 Å². The average Bonchev–Trinajstić information content (AvgIpc) is 2.62. The van der Waals surface area contributed by atoms with Crippen LogP contribution in [0.15, 0.2) is 66.4 Å². The molecule has 0 aliphatic carbocycles. The van der Waals surface area contributed by atoms with Crippen LogP contribution in [-0.2, 0) is 17.8 Å². The molecule has 2 N–H and O–H groups in total. The van der Waals surface area contributed by atoms with Gasteiger partial charge in [-0.2, -0.15) is 5.26 Å². The van der Waals surface area contributed by atoms with E-state index in [4.69, 9.17) is 16.9 Å². The SMILES string of the molecule is N#C/C(=C/NCCc1ccccc1)C(=O)NCc1ccc(Cl)cc1. The van der Waals surface area contributed by atoms with Crippen LogP contribution in [0, 0.1) is 11.3 Å². The Kier molecular flexibility index (Phi) is 6.88. The highest BCUT2D eigenvalue weighted by Crippen LogP contribution is 2.09. The van der Waals surface area contributed by atoms with Crippen molar-refractivity contribution < 1.29 is 4.79 Å². The van der Waals surface area contributed by atoms with E-state index in [0.717, 1.165) is 12.0 Å². The third-order valence-electron chi connectivity index (χ3n) is 3.38. The molecule has 0 aromatic heterocycles. The summed E-state index contributed by atoms with van der Waals surface area (Å²) in [5, 5.41) is 15.5. The van der Waals surface area contributed by atoms with Gasteiger partial charge in [0.2, 0.25) is 0 Å². The third kappa shape index (κ3) is 5.79. The summed E-state index contributed by atoms with van der Waals surface area (Å²) in [5.41, 5.74) is 2.17. The van der Waals surface area contributed by atoms with Crippen molar-refractivity contribution in [3.05, 3.63) is 82.5 Å². The van der Waals surface area contributed by atoms with Gasteiger partial charge in [-0.05, 0) is 29.7 Å². The minimum atomic E-state index is -0.403. The maximum Gasteiger partial charge on any atom is 0.263 e. The van der Waals surface area contributed by atoms with Crippen molar-refractivity contribution in [2.75, 3.05) is 6.54 Å². The molecule has 2 aromatic carbocycles. The van der Waals surface area contributed by atoms with Crippen molar-refractivity contribution in [2.24, 2.45) is 0 Å². The first-order chi connectivity index (χ1) is 11.7. The molecule has 122 valence electrons. The fraction of sp³-hybridized carbons (Fsp3) is 0.158. The molecular formula is C19H18ClN3O. The summed E-state index contributed by atoms with van der Waals surface area (Å²) in [6.45, 7) is 0.999. The summed E-state index contributed by atoms with van der Waals surface area (Å²) >= 11 is 5.81. The predicted molar refractivity (Wildman–Crippen MR) is 95.1 cm³/mol. The topological polar surface area (TPSA) is 64.9 Å². The van der Waals surface area contributed by atoms with Gasteiger partial charge in [-0.1, -0.05) is 54.1 Å². The normalized spacial score (nSPS) is 10.8. The first-order valence-corrected chi connectivity index (χ1v) is 7.97. The van der Waals surface area contributed by atoms with E-state index in [2.05, 4.69) is 10.6 Å². The monoisotopic (exact) mass is 339 g/mol. The van der Waals surface area contributed by atoms with Crippen molar-refractivity contribution in [1.82, 2.24) is 10.6 Å². The third-order valence-corrected chi connectivity index (χ3v) is 3.63. The van der Waals surface area contributed by atoms with E-state index in [0.29, 0.717) is 18.1 Å². The summed E-state index contributed by atoms with van der Waals surface area (Å²) < 4.78 is 0. The van der Waals surface area contributed by atoms with Crippen LogP contribution in [0.3, 0.4) is 0 Å². The first-order valence-electron chi connectivity index (χ1n) is 7.59. The molecular weight excluding hydrogens is 322 g/mol. The Bertz CT molecular complexity index is 733. The summed E-state index contributed by atoms with van der Waals surface area (Å²) in [4.78, 5) is 12.0. The van der Waals surface area contributed by atoms with Gasteiger partial charge in [0.15, 0.2) is 0 Å². The summed E-state index contributed by atoms with van der Waals surface area (Å²) in [6, 6.07) is 19.1. The zero-order chi connectivity index (χ0) is 17.2. The number of hydrogen-bond acceptors (Lipinski definition) is 3. The van der Waals surface area contributed by atoms with Gasteiger partial charge in [-0.3, -0.25) is 4.79 Å². The Hall–Kier alpha value is -2.77. The van der Waals surface area contributed by atoms with Crippen LogP contribution in [0.5, 0.6) is 0 Å². The van der Waals surface area contributed by atoms with Gasteiger partial charge < -0.3 is 10.6 Å². The number of nitriles is 1. The Morgan fingerprint density at radius 1 is 1.08 bits per heavy atom. The largest absolute Gasteiger partial charge is 0.389 e. The molecule has 0 unspecified atom stereocenters. The van der Waals surface area contributed by atoms with E-state index < -0.39 is 5.91 Å². The first kappa shape index (κ1) is 17.6. The lowest BCUT2D eigenvalue weighted by Gasteiger charge is -2.06. The van der Waals surface area contributed by atoms with Gasteiger partial charge in [-0.15, -0.1) is 0 Å². The Morgan fingerprint density at radius 2 is 1.79 bits per heavy atom. The Labute approximate surface area is 146 Å². The fourth-order valence-corrected chi connectivity index (χ4v) is 2.19. The maximum atomic E-state index is 12.0. The van der Waals surface area contributed by atoms with E-state index in [1.807, 2.05) is 48.5 Å². The molecule has 0 radical (unpaired) electrons. The molecule has 0 heterocycles. The lowest BCUT2D eigenvalue weighted by molar-refractivity contribution is -0.117. The Balaban J connectivity index is 1.80. The molecule has 0 aliphatic heterocycles. The van der Waals surface area contributed by atoms with Gasteiger partial charge >= 0.3 is 0 Å². The standard InChI is InChI=1S/C19H18ClN3O/c20-18-8-6-16(7-9-18)13-23-19(24)17(12-21)14-22-11-10-15-4-2-1-3-5-15/h1-9,14,22H,10-11,13H2,(H,23,24)/b17-14-. The van der Waals surface area contributed by atoms with Crippen LogP contribution in [-0.4, -0.2) is 12.5 Å². The molecule has 0 bridgehead atoms. The molecule has 2 rings (SSSR count). The van der Waals surface area contributed by atoms with Gasteiger partial charge in [0.25, 0.3) is 5.91 Å². The molecule has 4 nitrogen and oxygen atoms in total. The lowest BCUT2D eigenvalue weighted by atomic mass is 10.1. The minimum absolute atomic E-state index is 0.0528. The molecule has 5 heteroatoms. The summed E-state index contributed by atoms with van der Waals surface area (Å²) in [5.74, 6) is -0.403. The average molecular weight is 340 g/mol. The number of carbonyl (C=O) groups is 1. The molecule has 1 amide bonds. The maximum absolute atomic E-state index is 12.0. The molecule has 0 saturated carbocycles. The zero-order valence-corrected chi connectivity index (χ0v) is 13.9.